The van der Waals surface area contributed by atoms with E-state index in [2.05, 4.69) is 19.2 Å². The molecule has 1 aliphatic rings. The van der Waals surface area contributed by atoms with Gasteiger partial charge in [-0.2, -0.15) is 0 Å². The van der Waals surface area contributed by atoms with Crippen LogP contribution in [0.3, 0.4) is 0 Å². The first-order valence-electron chi connectivity index (χ1n) is 24.3. The molecule has 2 unspecified atom stereocenters. The first-order chi connectivity index (χ1) is 27.8. The topological polar surface area (TPSA) is 169 Å². The summed E-state index contributed by atoms with van der Waals surface area (Å²) in [7, 11) is 0. The number of hydrogen-bond acceptors (Lipinski definition) is 9. The van der Waals surface area contributed by atoms with Gasteiger partial charge in [0.05, 0.1) is 25.4 Å². The third kappa shape index (κ3) is 28.3. The molecule has 0 radical (unpaired) electrons. The largest absolute Gasteiger partial charge is 0.394 e. The zero-order valence-corrected chi connectivity index (χ0v) is 37.0. The number of hydrogen-bond donors (Lipinski definition) is 7. The maximum atomic E-state index is 13.0. The van der Waals surface area contributed by atoms with Gasteiger partial charge in [0.1, 0.15) is 30.5 Å². The van der Waals surface area contributed by atoms with E-state index in [1.165, 1.54) is 167 Å². The third-order valence-corrected chi connectivity index (χ3v) is 12.1. The van der Waals surface area contributed by atoms with Crippen LogP contribution in [0.5, 0.6) is 0 Å². The van der Waals surface area contributed by atoms with Crippen LogP contribution in [0.15, 0.2) is 0 Å². The third-order valence-electron chi connectivity index (χ3n) is 12.1. The van der Waals surface area contributed by atoms with Crippen molar-refractivity contribution in [1.82, 2.24) is 5.32 Å². The van der Waals surface area contributed by atoms with Crippen LogP contribution in [0.1, 0.15) is 232 Å². The van der Waals surface area contributed by atoms with Gasteiger partial charge in [0.25, 0.3) is 0 Å². The lowest BCUT2D eigenvalue weighted by molar-refractivity contribution is -0.303. The Labute approximate surface area is 349 Å². The number of carbonyl (C=O) groups is 1. The van der Waals surface area contributed by atoms with Gasteiger partial charge in [-0.25, -0.2) is 0 Å². The second kappa shape index (κ2) is 38.1. The summed E-state index contributed by atoms with van der Waals surface area (Å²) < 4.78 is 11.2. The summed E-state index contributed by atoms with van der Waals surface area (Å²) in [4.78, 5) is 13.0. The van der Waals surface area contributed by atoms with E-state index in [9.17, 15) is 35.4 Å². The van der Waals surface area contributed by atoms with Crippen molar-refractivity contribution in [3.8, 4) is 0 Å². The van der Waals surface area contributed by atoms with Gasteiger partial charge in [-0.15, -0.1) is 0 Å². The Morgan fingerprint density at radius 2 is 0.912 bits per heavy atom. The molecule has 340 valence electrons. The standard InChI is InChI=1S/C47H93NO9/c1-3-5-7-9-11-13-15-17-19-20-21-22-24-26-28-30-32-34-36-42(51)48-39(38-56-47-46(55)45(54)44(53)41(37-49)57-47)43(52)40(50)35-33-31-29-27-25-23-18-16-14-12-10-8-6-4-2/h39-41,43-47,49-50,52-55H,3-38H2,1-2H3,(H,48,51)/t39-,40+,41+,43-,44+,45?,46?,47+/m0/s1. The Hall–Kier alpha value is -0.850. The van der Waals surface area contributed by atoms with Crippen molar-refractivity contribution >= 4 is 5.91 Å². The summed E-state index contributed by atoms with van der Waals surface area (Å²) >= 11 is 0. The maximum Gasteiger partial charge on any atom is 0.220 e. The number of carbonyl (C=O) groups excluding carboxylic acids is 1. The molecule has 1 aliphatic heterocycles. The Morgan fingerprint density at radius 1 is 0.544 bits per heavy atom. The predicted molar refractivity (Wildman–Crippen MR) is 232 cm³/mol. The summed E-state index contributed by atoms with van der Waals surface area (Å²) in [6, 6.07) is -0.984. The fourth-order valence-electron chi connectivity index (χ4n) is 8.08. The maximum absolute atomic E-state index is 13.0. The predicted octanol–water partition coefficient (Wildman–Crippen LogP) is 9.31. The van der Waals surface area contributed by atoms with Crippen molar-refractivity contribution < 1.29 is 44.9 Å². The fraction of sp³-hybridized carbons (Fsp3) is 0.979. The van der Waals surface area contributed by atoms with Crippen LogP contribution < -0.4 is 5.32 Å². The molecular weight excluding hydrogens is 723 g/mol. The summed E-state index contributed by atoms with van der Waals surface area (Å²) in [5, 5.41) is 65.2. The number of amides is 1. The lowest BCUT2D eigenvalue weighted by atomic mass is 9.98. The minimum Gasteiger partial charge on any atom is -0.394 e. The highest BCUT2D eigenvalue weighted by molar-refractivity contribution is 5.76. The van der Waals surface area contributed by atoms with Gasteiger partial charge in [0.2, 0.25) is 5.91 Å². The van der Waals surface area contributed by atoms with Crippen LogP contribution in [0.25, 0.3) is 0 Å². The van der Waals surface area contributed by atoms with Crippen molar-refractivity contribution in [3.63, 3.8) is 0 Å². The minimum atomic E-state index is -1.60. The molecule has 1 amide bonds. The molecule has 0 saturated carbocycles. The molecule has 10 heteroatoms. The normalized spacial score (nSPS) is 21.4. The van der Waals surface area contributed by atoms with Crippen LogP contribution >= 0.6 is 0 Å². The van der Waals surface area contributed by atoms with E-state index in [1.54, 1.807) is 0 Å². The first kappa shape index (κ1) is 54.2. The molecule has 0 bridgehead atoms. The van der Waals surface area contributed by atoms with Crippen molar-refractivity contribution in [2.24, 2.45) is 0 Å². The number of rotatable bonds is 41. The van der Waals surface area contributed by atoms with Gasteiger partial charge >= 0.3 is 0 Å². The number of aliphatic hydroxyl groups is 6. The van der Waals surface area contributed by atoms with Crippen LogP contribution in [0, 0.1) is 0 Å². The van der Waals surface area contributed by atoms with Gasteiger partial charge in [0, 0.05) is 6.42 Å². The molecule has 1 saturated heterocycles. The van der Waals surface area contributed by atoms with E-state index in [-0.39, 0.29) is 18.9 Å². The summed E-state index contributed by atoms with van der Waals surface area (Å²) in [5.41, 5.74) is 0. The van der Waals surface area contributed by atoms with Gasteiger partial charge < -0.3 is 45.4 Å². The second-order valence-corrected chi connectivity index (χ2v) is 17.4. The van der Waals surface area contributed by atoms with Crippen LogP contribution in [0.4, 0.5) is 0 Å². The van der Waals surface area contributed by atoms with Crippen molar-refractivity contribution in [1.29, 1.82) is 0 Å². The lowest BCUT2D eigenvalue weighted by Gasteiger charge is -2.40. The molecule has 1 rings (SSSR count). The zero-order chi connectivity index (χ0) is 41.8. The number of unbranched alkanes of at least 4 members (excludes halogenated alkanes) is 30. The SMILES string of the molecule is CCCCCCCCCCCCCCCCCCCCC(=O)N[C@@H](CO[C@@H]1O[C@H](CO)[C@@H](O)C(O)C1O)[C@H](O)[C@H](O)CCCCCCCCCCCCCCCC. The quantitative estimate of drug-likeness (QED) is 0.0298. The first-order valence-corrected chi connectivity index (χ1v) is 24.3. The Bertz CT molecular complexity index is 880. The molecule has 1 heterocycles. The molecule has 7 N–H and O–H groups in total. The van der Waals surface area contributed by atoms with E-state index in [1.807, 2.05) is 0 Å². The van der Waals surface area contributed by atoms with Gasteiger partial charge in [0.15, 0.2) is 6.29 Å². The van der Waals surface area contributed by atoms with E-state index < -0.39 is 55.6 Å². The Kier molecular flexibility index (Phi) is 36.2. The van der Waals surface area contributed by atoms with E-state index in [0.29, 0.717) is 6.42 Å². The average molecular weight is 816 g/mol. The minimum absolute atomic E-state index is 0.253. The molecule has 0 aromatic heterocycles. The van der Waals surface area contributed by atoms with Crippen molar-refractivity contribution in [2.45, 2.75) is 281 Å². The zero-order valence-electron chi connectivity index (χ0n) is 37.0. The van der Waals surface area contributed by atoms with Gasteiger partial charge in [-0.3, -0.25) is 4.79 Å². The van der Waals surface area contributed by atoms with Crippen LogP contribution in [-0.4, -0.2) is 98.7 Å². The fourth-order valence-corrected chi connectivity index (χ4v) is 8.08. The van der Waals surface area contributed by atoms with Crippen LogP contribution in [-0.2, 0) is 14.3 Å². The van der Waals surface area contributed by atoms with E-state index in [0.717, 1.165) is 38.5 Å². The Balaban J connectivity index is 2.35. The summed E-state index contributed by atoms with van der Waals surface area (Å²) in [6.07, 6.45) is 31.0. The molecule has 8 atom stereocenters. The van der Waals surface area contributed by atoms with Gasteiger partial charge in [-0.1, -0.05) is 213 Å². The summed E-state index contributed by atoms with van der Waals surface area (Å²) in [6.45, 7) is 3.63. The number of ether oxygens (including phenoxy) is 2. The Morgan fingerprint density at radius 3 is 1.30 bits per heavy atom. The molecule has 0 aromatic rings. The molecule has 1 fully saturated rings. The van der Waals surface area contributed by atoms with Crippen LogP contribution in [0.2, 0.25) is 0 Å². The molecule has 10 nitrogen and oxygen atoms in total. The highest BCUT2D eigenvalue weighted by Gasteiger charge is 2.44. The molecule has 0 spiro atoms. The van der Waals surface area contributed by atoms with Crippen molar-refractivity contribution in [3.05, 3.63) is 0 Å². The highest BCUT2D eigenvalue weighted by Crippen LogP contribution is 2.23. The molecule has 0 aliphatic carbocycles. The number of aliphatic hydroxyl groups excluding tert-OH is 6. The van der Waals surface area contributed by atoms with Gasteiger partial charge in [-0.05, 0) is 12.8 Å². The molecular formula is C47H93NO9. The number of nitrogens with one attached hydrogen (secondary N) is 1. The van der Waals surface area contributed by atoms with Crippen molar-refractivity contribution in [2.75, 3.05) is 13.2 Å². The molecule has 57 heavy (non-hydrogen) atoms. The average Bonchev–Trinajstić information content (AvgIpc) is 3.21. The lowest BCUT2D eigenvalue weighted by Crippen LogP contribution is -2.60. The summed E-state index contributed by atoms with van der Waals surface area (Å²) in [5.74, 6) is -0.253. The molecule has 0 aromatic carbocycles. The smallest absolute Gasteiger partial charge is 0.220 e. The highest BCUT2D eigenvalue weighted by atomic mass is 16.7. The van der Waals surface area contributed by atoms with E-state index in [4.69, 9.17) is 9.47 Å². The monoisotopic (exact) mass is 816 g/mol. The van der Waals surface area contributed by atoms with E-state index >= 15 is 0 Å². The second-order valence-electron chi connectivity index (χ2n) is 17.4.